The lowest BCUT2D eigenvalue weighted by molar-refractivity contribution is 0.183. The second kappa shape index (κ2) is 11.3. The molecule has 1 aromatic rings. The average Bonchev–Trinajstić information content (AvgIpc) is 2.60. The van der Waals surface area contributed by atoms with E-state index in [0.29, 0.717) is 5.15 Å². The van der Waals surface area contributed by atoms with Gasteiger partial charge in [-0.1, -0.05) is 24.6 Å². The summed E-state index contributed by atoms with van der Waals surface area (Å²) in [6, 6.07) is 3.85. The summed E-state index contributed by atoms with van der Waals surface area (Å²) < 4.78 is 0. The van der Waals surface area contributed by atoms with Crippen LogP contribution in [0, 0.1) is 5.92 Å². The number of rotatable bonds is 8. The predicted molar refractivity (Wildman–Crippen MR) is 106 cm³/mol. The molecule has 0 bridgehead atoms. The van der Waals surface area contributed by atoms with Gasteiger partial charge in [0.15, 0.2) is 5.96 Å². The van der Waals surface area contributed by atoms with Gasteiger partial charge >= 0.3 is 0 Å². The highest BCUT2D eigenvalue weighted by molar-refractivity contribution is 6.29. The molecule has 5 nitrogen and oxygen atoms in total. The van der Waals surface area contributed by atoms with Crippen LogP contribution in [0.5, 0.6) is 0 Å². The average molecular weight is 366 g/mol. The molecule has 0 aromatic carbocycles. The van der Waals surface area contributed by atoms with Crippen LogP contribution >= 0.6 is 11.6 Å². The van der Waals surface area contributed by atoms with Crippen molar-refractivity contribution in [2.45, 2.75) is 39.5 Å². The Morgan fingerprint density at radius 1 is 1.40 bits per heavy atom. The smallest absolute Gasteiger partial charge is 0.191 e. The number of aromatic nitrogens is 1. The second-order valence-electron chi connectivity index (χ2n) is 6.83. The van der Waals surface area contributed by atoms with E-state index in [1.807, 2.05) is 18.3 Å². The van der Waals surface area contributed by atoms with E-state index in [0.717, 1.165) is 50.9 Å². The number of nitrogens with zero attached hydrogens (tertiary/aromatic N) is 3. The zero-order chi connectivity index (χ0) is 17.9. The molecule has 1 aliphatic rings. The number of pyridine rings is 1. The second-order valence-corrected chi connectivity index (χ2v) is 7.22. The highest BCUT2D eigenvalue weighted by Crippen LogP contribution is 2.15. The minimum atomic E-state index is 0.537. The molecule has 0 radical (unpaired) electrons. The first-order valence-corrected chi connectivity index (χ1v) is 9.90. The van der Waals surface area contributed by atoms with Crippen molar-refractivity contribution in [3.8, 4) is 0 Å². The number of hydrogen-bond acceptors (Lipinski definition) is 3. The Morgan fingerprint density at radius 3 is 3.00 bits per heavy atom. The van der Waals surface area contributed by atoms with Crippen molar-refractivity contribution < 1.29 is 0 Å². The third-order valence-corrected chi connectivity index (χ3v) is 4.71. The van der Waals surface area contributed by atoms with E-state index in [-0.39, 0.29) is 0 Å². The number of guanidine groups is 1. The Labute approximate surface area is 157 Å². The minimum Gasteiger partial charge on any atom is -0.357 e. The topological polar surface area (TPSA) is 52.6 Å². The third-order valence-electron chi connectivity index (χ3n) is 4.48. The molecule has 0 aliphatic carbocycles. The molecule has 1 fully saturated rings. The molecule has 6 heteroatoms. The number of nitrogens with one attached hydrogen (secondary N) is 2. The van der Waals surface area contributed by atoms with Crippen molar-refractivity contribution in [3.05, 3.63) is 29.0 Å². The van der Waals surface area contributed by atoms with Crippen LogP contribution in [0.15, 0.2) is 23.3 Å². The molecule has 1 saturated heterocycles. The van der Waals surface area contributed by atoms with E-state index in [1.165, 1.54) is 31.5 Å². The summed E-state index contributed by atoms with van der Waals surface area (Å²) >= 11 is 5.81. The molecule has 0 spiro atoms. The molecular weight excluding hydrogens is 334 g/mol. The van der Waals surface area contributed by atoms with Crippen molar-refractivity contribution in [1.82, 2.24) is 20.5 Å². The van der Waals surface area contributed by atoms with Gasteiger partial charge in [-0.3, -0.25) is 4.99 Å². The normalized spacial score (nSPS) is 19.0. The van der Waals surface area contributed by atoms with Crippen LogP contribution in [-0.2, 0) is 6.42 Å². The highest BCUT2D eigenvalue weighted by Gasteiger charge is 2.15. The van der Waals surface area contributed by atoms with Gasteiger partial charge in [0.1, 0.15) is 5.15 Å². The van der Waals surface area contributed by atoms with E-state index in [1.54, 1.807) is 0 Å². The molecule has 1 unspecified atom stereocenters. The molecule has 25 heavy (non-hydrogen) atoms. The lowest BCUT2D eigenvalue weighted by Gasteiger charge is -2.30. The van der Waals surface area contributed by atoms with Crippen LogP contribution in [0.2, 0.25) is 5.15 Å². The SMILES string of the molecule is CCNC(=NCCCN1CCCC(C)C1)NCCc1ccc(Cl)nc1. The minimum absolute atomic E-state index is 0.537. The Hall–Kier alpha value is -1.33. The van der Waals surface area contributed by atoms with Crippen molar-refractivity contribution >= 4 is 17.6 Å². The van der Waals surface area contributed by atoms with Gasteiger partial charge in [-0.05, 0) is 63.2 Å². The summed E-state index contributed by atoms with van der Waals surface area (Å²) in [4.78, 5) is 11.4. The van der Waals surface area contributed by atoms with Gasteiger partial charge in [0, 0.05) is 32.4 Å². The molecular formula is C19H32ClN5. The first kappa shape index (κ1) is 20.0. The van der Waals surface area contributed by atoms with E-state index < -0.39 is 0 Å². The summed E-state index contributed by atoms with van der Waals surface area (Å²) in [7, 11) is 0. The molecule has 0 amide bonds. The van der Waals surface area contributed by atoms with Gasteiger partial charge < -0.3 is 15.5 Å². The fourth-order valence-corrected chi connectivity index (χ4v) is 3.31. The predicted octanol–water partition coefficient (Wildman–Crippen LogP) is 2.95. The summed E-state index contributed by atoms with van der Waals surface area (Å²) in [5.41, 5.74) is 1.17. The molecule has 1 aromatic heterocycles. The maximum absolute atomic E-state index is 5.81. The maximum Gasteiger partial charge on any atom is 0.191 e. The molecule has 2 heterocycles. The van der Waals surface area contributed by atoms with Crippen LogP contribution in [0.25, 0.3) is 0 Å². The molecule has 1 atom stereocenters. The number of piperidine rings is 1. The van der Waals surface area contributed by atoms with Gasteiger partial charge in [-0.25, -0.2) is 4.98 Å². The maximum atomic E-state index is 5.81. The zero-order valence-electron chi connectivity index (χ0n) is 15.6. The number of likely N-dealkylation sites (tertiary alicyclic amines) is 1. The van der Waals surface area contributed by atoms with Gasteiger partial charge in [0.25, 0.3) is 0 Å². The molecule has 0 saturated carbocycles. The van der Waals surface area contributed by atoms with Crippen LogP contribution in [-0.4, -0.2) is 55.1 Å². The van der Waals surface area contributed by atoms with E-state index >= 15 is 0 Å². The Morgan fingerprint density at radius 2 is 2.28 bits per heavy atom. The quantitative estimate of drug-likeness (QED) is 0.322. The fraction of sp³-hybridized carbons (Fsp3) is 0.684. The number of hydrogen-bond donors (Lipinski definition) is 2. The van der Waals surface area contributed by atoms with E-state index in [4.69, 9.17) is 16.6 Å². The number of halogens is 1. The third kappa shape index (κ3) is 8.06. The molecule has 1 aliphatic heterocycles. The first-order valence-electron chi connectivity index (χ1n) is 9.52. The van der Waals surface area contributed by atoms with E-state index in [2.05, 4.69) is 34.4 Å². The Bertz CT molecular complexity index is 517. The van der Waals surface area contributed by atoms with Gasteiger partial charge in [0.05, 0.1) is 0 Å². The zero-order valence-corrected chi connectivity index (χ0v) is 16.4. The van der Waals surface area contributed by atoms with Crippen LogP contribution in [0.4, 0.5) is 0 Å². The van der Waals surface area contributed by atoms with Crippen molar-refractivity contribution in [1.29, 1.82) is 0 Å². The van der Waals surface area contributed by atoms with Gasteiger partial charge in [0.2, 0.25) is 0 Å². The summed E-state index contributed by atoms with van der Waals surface area (Å²) in [5, 5.41) is 7.24. The fourth-order valence-electron chi connectivity index (χ4n) is 3.20. The Balaban J connectivity index is 1.67. The van der Waals surface area contributed by atoms with Crippen LogP contribution in [0.3, 0.4) is 0 Å². The van der Waals surface area contributed by atoms with Gasteiger partial charge in [-0.2, -0.15) is 0 Å². The Kier molecular flexibility index (Phi) is 9.05. The summed E-state index contributed by atoms with van der Waals surface area (Å²) in [5.74, 6) is 1.75. The van der Waals surface area contributed by atoms with Gasteiger partial charge in [-0.15, -0.1) is 0 Å². The molecule has 2 rings (SSSR count). The van der Waals surface area contributed by atoms with Crippen molar-refractivity contribution in [2.75, 3.05) is 39.3 Å². The molecule has 140 valence electrons. The van der Waals surface area contributed by atoms with Crippen molar-refractivity contribution in [2.24, 2.45) is 10.9 Å². The highest BCUT2D eigenvalue weighted by atomic mass is 35.5. The van der Waals surface area contributed by atoms with Crippen LogP contribution < -0.4 is 10.6 Å². The lowest BCUT2D eigenvalue weighted by Crippen LogP contribution is -2.38. The monoisotopic (exact) mass is 365 g/mol. The van der Waals surface area contributed by atoms with Crippen LogP contribution in [0.1, 0.15) is 38.7 Å². The standard InChI is InChI=1S/C19H32ClN5/c1-3-21-19(23-11-9-17-7-8-18(20)24-14-17)22-10-5-13-25-12-4-6-16(2)15-25/h7-8,14,16H,3-6,9-13,15H2,1-2H3,(H2,21,22,23). The van der Waals surface area contributed by atoms with E-state index in [9.17, 15) is 0 Å². The summed E-state index contributed by atoms with van der Waals surface area (Å²) in [6.45, 7) is 10.7. The summed E-state index contributed by atoms with van der Waals surface area (Å²) in [6.07, 6.45) is 6.57. The van der Waals surface area contributed by atoms with Crippen molar-refractivity contribution in [3.63, 3.8) is 0 Å². The largest absolute Gasteiger partial charge is 0.357 e. The first-order chi connectivity index (χ1) is 12.2. The number of aliphatic imine (C=N–C) groups is 1. The lowest BCUT2D eigenvalue weighted by atomic mass is 10.0. The molecule has 2 N–H and O–H groups in total.